The van der Waals surface area contributed by atoms with E-state index in [1.165, 1.54) is 6.42 Å². The lowest BCUT2D eigenvalue weighted by Gasteiger charge is -2.22. The average molecular weight is 277 g/mol. The molecule has 1 aliphatic heterocycles. The van der Waals surface area contributed by atoms with Crippen molar-refractivity contribution >= 4 is 11.7 Å². The van der Waals surface area contributed by atoms with Crippen LogP contribution in [0.3, 0.4) is 0 Å². The molecule has 20 heavy (non-hydrogen) atoms. The minimum absolute atomic E-state index is 0.00123. The number of rotatable bonds is 4. The smallest absolute Gasteiger partial charge is 0.319 e. The summed E-state index contributed by atoms with van der Waals surface area (Å²) in [6.07, 6.45) is 3.46. The Balaban J connectivity index is 1.75. The van der Waals surface area contributed by atoms with Crippen LogP contribution in [-0.4, -0.2) is 25.3 Å². The molecule has 0 spiro atoms. The Morgan fingerprint density at radius 3 is 2.75 bits per heavy atom. The van der Waals surface area contributed by atoms with E-state index in [4.69, 9.17) is 10.5 Å². The maximum atomic E-state index is 11.8. The van der Waals surface area contributed by atoms with Crippen LogP contribution in [0, 0.1) is 0 Å². The van der Waals surface area contributed by atoms with Gasteiger partial charge < -0.3 is 21.1 Å². The van der Waals surface area contributed by atoms with E-state index in [9.17, 15) is 4.79 Å². The van der Waals surface area contributed by atoms with Crippen LogP contribution < -0.4 is 16.4 Å². The first-order valence-electron chi connectivity index (χ1n) is 7.17. The Hall–Kier alpha value is -1.59. The molecule has 1 saturated heterocycles. The molecule has 2 atom stereocenters. The Morgan fingerprint density at radius 1 is 1.40 bits per heavy atom. The molecule has 0 saturated carbocycles. The number of hydrogen-bond donors (Lipinski definition) is 3. The van der Waals surface area contributed by atoms with Gasteiger partial charge in [-0.15, -0.1) is 0 Å². The highest BCUT2D eigenvalue weighted by Gasteiger charge is 2.14. The predicted octanol–water partition coefficient (Wildman–Crippen LogP) is 2.40. The van der Waals surface area contributed by atoms with Gasteiger partial charge in [-0.25, -0.2) is 4.79 Å². The van der Waals surface area contributed by atoms with Gasteiger partial charge in [0.25, 0.3) is 0 Å². The number of carbonyl (C=O) groups is 1. The van der Waals surface area contributed by atoms with Crippen LogP contribution >= 0.6 is 0 Å². The van der Waals surface area contributed by atoms with Crippen molar-refractivity contribution < 1.29 is 9.53 Å². The molecule has 110 valence electrons. The Labute approximate surface area is 119 Å². The largest absolute Gasteiger partial charge is 0.376 e. The summed E-state index contributed by atoms with van der Waals surface area (Å²) in [5.74, 6) is 0. The van der Waals surface area contributed by atoms with Crippen molar-refractivity contribution in [2.45, 2.75) is 38.3 Å². The van der Waals surface area contributed by atoms with Crippen LogP contribution in [0.25, 0.3) is 0 Å². The summed E-state index contributed by atoms with van der Waals surface area (Å²) in [5.41, 5.74) is 7.59. The third kappa shape index (κ3) is 4.51. The lowest BCUT2D eigenvalue weighted by atomic mass is 10.1. The number of nitrogens with two attached hydrogens (primary N) is 1. The van der Waals surface area contributed by atoms with Crippen molar-refractivity contribution in [3.63, 3.8) is 0 Å². The van der Waals surface area contributed by atoms with Gasteiger partial charge >= 0.3 is 6.03 Å². The van der Waals surface area contributed by atoms with Crippen LogP contribution in [-0.2, 0) is 4.74 Å². The molecule has 1 aromatic rings. The van der Waals surface area contributed by atoms with Crippen molar-refractivity contribution in [2.75, 3.05) is 18.5 Å². The standard InChI is InChI=1S/C15H23N3O2/c1-11(16)12-5-7-13(8-6-12)18-15(19)17-10-14-4-2-3-9-20-14/h5-8,11,14H,2-4,9-10,16H2,1H3,(H2,17,18,19). The van der Waals surface area contributed by atoms with Gasteiger partial charge in [0.2, 0.25) is 0 Å². The number of urea groups is 1. The highest BCUT2D eigenvalue weighted by atomic mass is 16.5. The van der Waals surface area contributed by atoms with E-state index in [1.54, 1.807) is 0 Å². The first-order valence-corrected chi connectivity index (χ1v) is 7.17. The van der Waals surface area contributed by atoms with Gasteiger partial charge in [0.1, 0.15) is 0 Å². The van der Waals surface area contributed by atoms with Crippen molar-refractivity contribution in [3.05, 3.63) is 29.8 Å². The number of benzene rings is 1. The highest BCUT2D eigenvalue weighted by Crippen LogP contribution is 2.14. The van der Waals surface area contributed by atoms with E-state index in [-0.39, 0.29) is 18.2 Å². The van der Waals surface area contributed by atoms with Gasteiger partial charge in [-0.3, -0.25) is 0 Å². The molecule has 0 bridgehead atoms. The van der Waals surface area contributed by atoms with E-state index in [0.717, 1.165) is 30.7 Å². The summed E-state index contributed by atoms with van der Waals surface area (Å²) in [5, 5.41) is 5.64. The van der Waals surface area contributed by atoms with E-state index >= 15 is 0 Å². The van der Waals surface area contributed by atoms with Crippen LogP contribution in [0.4, 0.5) is 10.5 Å². The number of hydrogen-bond acceptors (Lipinski definition) is 3. The lowest BCUT2D eigenvalue weighted by Crippen LogP contribution is -2.37. The SMILES string of the molecule is CC(N)c1ccc(NC(=O)NCC2CCCCO2)cc1. The summed E-state index contributed by atoms with van der Waals surface area (Å²) in [6, 6.07) is 7.36. The molecular formula is C15H23N3O2. The second kappa shape index (κ2) is 7.26. The Morgan fingerprint density at radius 2 is 2.15 bits per heavy atom. The average Bonchev–Trinajstić information content (AvgIpc) is 2.47. The summed E-state index contributed by atoms with van der Waals surface area (Å²) in [7, 11) is 0. The maximum Gasteiger partial charge on any atom is 0.319 e. The molecule has 0 aliphatic carbocycles. The first kappa shape index (κ1) is 14.8. The van der Waals surface area contributed by atoms with Gasteiger partial charge in [0.05, 0.1) is 6.10 Å². The lowest BCUT2D eigenvalue weighted by molar-refractivity contribution is 0.0187. The summed E-state index contributed by atoms with van der Waals surface area (Å²) < 4.78 is 5.56. The molecule has 4 N–H and O–H groups in total. The molecule has 5 nitrogen and oxygen atoms in total. The summed E-state index contributed by atoms with van der Waals surface area (Å²) >= 11 is 0. The monoisotopic (exact) mass is 277 g/mol. The zero-order chi connectivity index (χ0) is 14.4. The van der Waals surface area contributed by atoms with Crippen molar-refractivity contribution in [2.24, 2.45) is 5.73 Å². The van der Waals surface area contributed by atoms with Crippen LogP contribution in [0.5, 0.6) is 0 Å². The summed E-state index contributed by atoms with van der Waals surface area (Å²) in [6.45, 7) is 3.29. The quantitative estimate of drug-likeness (QED) is 0.791. The van der Waals surface area contributed by atoms with Gasteiger partial charge in [-0.1, -0.05) is 12.1 Å². The van der Waals surface area contributed by atoms with E-state index in [0.29, 0.717) is 6.54 Å². The zero-order valence-electron chi connectivity index (χ0n) is 11.9. The van der Waals surface area contributed by atoms with Crippen molar-refractivity contribution in [1.82, 2.24) is 5.32 Å². The third-order valence-corrected chi connectivity index (χ3v) is 3.46. The molecule has 1 fully saturated rings. The molecule has 1 heterocycles. The number of amides is 2. The van der Waals surface area contributed by atoms with Crippen molar-refractivity contribution in [1.29, 1.82) is 0 Å². The molecule has 1 aliphatic rings. The number of carbonyl (C=O) groups excluding carboxylic acids is 1. The fourth-order valence-corrected chi connectivity index (χ4v) is 2.22. The molecular weight excluding hydrogens is 254 g/mol. The summed E-state index contributed by atoms with van der Waals surface area (Å²) in [4.78, 5) is 11.8. The van der Waals surface area contributed by atoms with E-state index in [2.05, 4.69) is 10.6 Å². The predicted molar refractivity (Wildman–Crippen MR) is 79.7 cm³/mol. The number of ether oxygens (including phenoxy) is 1. The van der Waals surface area contributed by atoms with Gasteiger partial charge in [0, 0.05) is 24.9 Å². The fourth-order valence-electron chi connectivity index (χ4n) is 2.22. The fraction of sp³-hybridized carbons (Fsp3) is 0.533. The second-order valence-corrected chi connectivity index (χ2v) is 5.23. The van der Waals surface area contributed by atoms with E-state index < -0.39 is 0 Å². The van der Waals surface area contributed by atoms with E-state index in [1.807, 2.05) is 31.2 Å². The molecule has 2 amide bonds. The van der Waals surface area contributed by atoms with Crippen LogP contribution in [0.1, 0.15) is 37.8 Å². The number of nitrogens with one attached hydrogen (secondary N) is 2. The molecule has 0 aromatic heterocycles. The Bertz CT molecular complexity index is 425. The molecule has 2 rings (SSSR count). The van der Waals surface area contributed by atoms with Gasteiger partial charge in [-0.05, 0) is 43.9 Å². The normalized spacial score (nSPS) is 20.2. The minimum Gasteiger partial charge on any atom is -0.376 e. The second-order valence-electron chi connectivity index (χ2n) is 5.23. The van der Waals surface area contributed by atoms with Crippen LogP contribution in [0.2, 0.25) is 0 Å². The third-order valence-electron chi connectivity index (χ3n) is 3.46. The van der Waals surface area contributed by atoms with Crippen LogP contribution in [0.15, 0.2) is 24.3 Å². The van der Waals surface area contributed by atoms with Crippen molar-refractivity contribution in [3.8, 4) is 0 Å². The zero-order valence-corrected chi connectivity index (χ0v) is 11.9. The molecule has 2 unspecified atom stereocenters. The highest BCUT2D eigenvalue weighted by molar-refractivity contribution is 5.89. The topological polar surface area (TPSA) is 76.4 Å². The Kier molecular flexibility index (Phi) is 5.38. The van der Waals surface area contributed by atoms with Gasteiger partial charge in [0.15, 0.2) is 0 Å². The molecule has 1 aromatic carbocycles. The molecule has 0 radical (unpaired) electrons. The number of anilines is 1. The first-order chi connectivity index (χ1) is 9.65. The molecule has 5 heteroatoms. The minimum atomic E-state index is -0.201. The maximum absolute atomic E-state index is 11.8. The van der Waals surface area contributed by atoms with Gasteiger partial charge in [-0.2, -0.15) is 0 Å².